The van der Waals surface area contributed by atoms with E-state index in [1.54, 1.807) is 0 Å². The Kier molecular flexibility index (Phi) is 9.65. The predicted molar refractivity (Wildman–Crippen MR) is 164 cm³/mol. The van der Waals surface area contributed by atoms with Crippen LogP contribution in [0.3, 0.4) is 0 Å². The number of carbonyl (C=O) groups is 1. The fourth-order valence-corrected chi connectivity index (χ4v) is 5.00. The number of carbonyl (C=O) groups excluding carboxylic acids is 1. The van der Waals surface area contributed by atoms with Gasteiger partial charge in [0.1, 0.15) is 0 Å². The topological polar surface area (TPSA) is 96.3 Å². The summed E-state index contributed by atoms with van der Waals surface area (Å²) in [6, 6.07) is 27.8. The third kappa shape index (κ3) is 7.53. The molecule has 0 aliphatic carbocycles. The molecule has 0 heterocycles. The number of rotatable bonds is 13. The average Bonchev–Trinajstić information content (AvgIpc) is 3.00. The van der Waals surface area contributed by atoms with Crippen LogP contribution in [0.15, 0.2) is 84.0 Å². The van der Waals surface area contributed by atoms with E-state index >= 15 is 0 Å². The van der Waals surface area contributed by atoms with E-state index in [1.807, 2.05) is 12.1 Å². The first-order valence-corrected chi connectivity index (χ1v) is 13.9. The van der Waals surface area contributed by atoms with Crippen molar-refractivity contribution in [2.75, 3.05) is 39.5 Å². The van der Waals surface area contributed by atoms with Crippen molar-refractivity contribution in [2.45, 2.75) is 19.3 Å². The largest absolute Gasteiger partial charge is 0.379 e. The van der Waals surface area contributed by atoms with Gasteiger partial charge in [-0.25, -0.2) is 0 Å². The summed E-state index contributed by atoms with van der Waals surface area (Å²) in [5, 5.41) is 13.9. The maximum Gasteiger partial charge on any atom is 0.220 e. The Morgan fingerprint density at radius 3 is 2.12 bits per heavy atom. The molecular formula is C34H32N4O3. The Morgan fingerprint density at radius 2 is 1.41 bits per heavy atom. The van der Waals surface area contributed by atoms with Gasteiger partial charge >= 0.3 is 0 Å². The van der Waals surface area contributed by atoms with E-state index in [0.29, 0.717) is 45.9 Å². The molecule has 0 radical (unpaired) electrons. The van der Waals surface area contributed by atoms with Crippen LogP contribution in [-0.4, -0.2) is 45.4 Å². The third-order valence-electron chi connectivity index (χ3n) is 6.98. The zero-order valence-electron chi connectivity index (χ0n) is 22.9. The highest BCUT2D eigenvalue weighted by Crippen LogP contribution is 2.34. The van der Waals surface area contributed by atoms with Crippen molar-refractivity contribution < 1.29 is 14.3 Å². The molecule has 0 bridgehead atoms. The first-order chi connectivity index (χ1) is 20.2. The standard InChI is InChI=1S/C34H32N4O3/c35-38-37-18-20-41-22-21-40-19-17-36-32(39)6-1-3-25-7-9-26(10-8-25)11-12-27-23-30-15-13-28-4-2-5-29-14-16-31(24-27)34(30)33(28)29/h2,4-5,7-10,13-16,23-24H,1,3,6,17-22H2,(H,36,39). The van der Waals surface area contributed by atoms with Crippen molar-refractivity contribution in [3.05, 3.63) is 106 Å². The highest BCUT2D eigenvalue weighted by Gasteiger charge is 2.08. The van der Waals surface area contributed by atoms with Crippen LogP contribution in [0.4, 0.5) is 0 Å². The summed E-state index contributed by atoms with van der Waals surface area (Å²) in [4.78, 5) is 14.7. The van der Waals surface area contributed by atoms with Gasteiger partial charge in [-0.1, -0.05) is 71.6 Å². The number of aryl methyl sites for hydroxylation is 1. The molecule has 7 nitrogen and oxygen atoms in total. The number of nitrogens with one attached hydrogen (secondary N) is 1. The molecule has 0 saturated heterocycles. The van der Waals surface area contributed by atoms with Gasteiger partial charge in [-0.15, -0.1) is 0 Å². The Bertz CT molecular complexity index is 1670. The number of azide groups is 1. The van der Waals surface area contributed by atoms with Gasteiger partial charge in [0, 0.05) is 35.5 Å². The summed E-state index contributed by atoms with van der Waals surface area (Å²) in [6.07, 6.45) is 2.08. The van der Waals surface area contributed by atoms with Gasteiger partial charge < -0.3 is 14.8 Å². The lowest BCUT2D eigenvalue weighted by Crippen LogP contribution is -2.27. The minimum absolute atomic E-state index is 0.0233. The molecule has 7 heteroatoms. The minimum atomic E-state index is 0.0233. The fourth-order valence-electron chi connectivity index (χ4n) is 5.00. The highest BCUT2D eigenvalue weighted by atomic mass is 16.5. The van der Waals surface area contributed by atoms with Crippen molar-refractivity contribution in [1.82, 2.24) is 5.32 Å². The van der Waals surface area contributed by atoms with Crippen molar-refractivity contribution in [1.29, 1.82) is 0 Å². The first kappa shape index (κ1) is 27.9. The highest BCUT2D eigenvalue weighted by molar-refractivity contribution is 6.23. The first-order valence-electron chi connectivity index (χ1n) is 13.9. The van der Waals surface area contributed by atoms with Crippen molar-refractivity contribution in [3.8, 4) is 11.8 Å². The fraction of sp³-hybridized carbons (Fsp3) is 0.265. The molecule has 0 spiro atoms. The molecule has 5 rings (SSSR count). The number of hydrogen-bond acceptors (Lipinski definition) is 4. The summed E-state index contributed by atoms with van der Waals surface area (Å²) in [6.45, 7) is 2.46. The zero-order valence-corrected chi connectivity index (χ0v) is 22.9. The second-order valence-corrected chi connectivity index (χ2v) is 9.84. The molecule has 1 amide bonds. The molecule has 0 unspecified atom stereocenters. The number of benzene rings is 5. The van der Waals surface area contributed by atoms with Crippen LogP contribution in [0.1, 0.15) is 29.5 Å². The monoisotopic (exact) mass is 544 g/mol. The van der Waals surface area contributed by atoms with E-state index in [0.717, 1.165) is 24.0 Å². The maximum absolute atomic E-state index is 12.1. The second kappa shape index (κ2) is 14.2. The Hall–Kier alpha value is -4.60. The van der Waals surface area contributed by atoms with E-state index in [9.17, 15) is 4.79 Å². The van der Waals surface area contributed by atoms with E-state index in [4.69, 9.17) is 15.0 Å². The molecule has 5 aromatic rings. The smallest absolute Gasteiger partial charge is 0.220 e. The summed E-state index contributed by atoms with van der Waals surface area (Å²) >= 11 is 0. The number of amides is 1. The quantitative estimate of drug-likeness (QED) is 0.0443. The molecule has 5 aromatic carbocycles. The van der Waals surface area contributed by atoms with Gasteiger partial charge in [0.2, 0.25) is 5.91 Å². The lowest BCUT2D eigenvalue weighted by atomic mass is 9.93. The molecule has 206 valence electrons. The Balaban J connectivity index is 1.05. The maximum atomic E-state index is 12.1. The zero-order chi connectivity index (χ0) is 28.3. The molecule has 41 heavy (non-hydrogen) atoms. The van der Waals surface area contributed by atoms with E-state index in [1.165, 1.54) is 37.9 Å². The summed E-state index contributed by atoms with van der Waals surface area (Å²) in [5.74, 6) is 6.68. The van der Waals surface area contributed by atoms with Crippen LogP contribution >= 0.6 is 0 Å². The average molecular weight is 545 g/mol. The summed E-state index contributed by atoms with van der Waals surface area (Å²) in [5.41, 5.74) is 11.3. The van der Waals surface area contributed by atoms with Crippen LogP contribution < -0.4 is 5.32 Å². The number of hydrogen-bond donors (Lipinski definition) is 1. The molecule has 0 aromatic heterocycles. The van der Waals surface area contributed by atoms with Crippen LogP contribution in [-0.2, 0) is 20.7 Å². The Labute approximate surface area is 239 Å². The van der Waals surface area contributed by atoms with Crippen molar-refractivity contribution in [3.63, 3.8) is 0 Å². The molecule has 0 aliphatic rings. The van der Waals surface area contributed by atoms with Gasteiger partial charge in [0.25, 0.3) is 0 Å². The predicted octanol–water partition coefficient (Wildman–Crippen LogP) is 6.77. The van der Waals surface area contributed by atoms with Gasteiger partial charge in [0.05, 0.1) is 26.4 Å². The summed E-state index contributed by atoms with van der Waals surface area (Å²) in [7, 11) is 0. The molecule has 0 atom stereocenters. The van der Waals surface area contributed by atoms with Crippen LogP contribution in [0.5, 0.6) is 0 Å². The van der Waals surface area contributed by atoms with Gasteiger partial charge in [0.15, 0.2) is 0 Å². The molecule has 1 N–H and O–H groups in total. The second-order valence-electron chi connectivity index (χ2n) is 9.84. The molecule has 0 aliphatic heterocycles. The summed E-state index contributed by atoms with van der Waals surface area (Å²) < 4.78 is 10.7. The van der Waals surface area contributed by atoms with Gasteiger partial charge in [-0.05, 0) is 80.5 Å². The number of nitrogens with zero attached hydrogens (tertiary/aromatic N) is 3. The normalized spacial score (nSPS) is 10.9. The van der Waals surface area contributed by atoms with Gasteiger partial charge in [-0.3, -0.25) is 4.79 Å². The van der Waals surface area contributed by atoms with E-state index in [2.05, 4.69) is 93.9 Å². The lowest BCUT2D eigenvalue weighted by Gasteiger charge is -2.10. The van der Waals surface area contributed by atoms with Gasteiger partial charge in [-0.2, -0.15) is 0 Å². The lowest BCUT2D eigenvalue weighted by molar-refractivity contribution is -0.121. The van der Waals surface area contributed by atoms with Crippen LogP contribution in [0.2, 0.25) is 0 Å². The van der Waals surface area contributed by atoms with E-state index in [-0.39, 0.29) is 5.91 Å². The molecule has 0 fully saturated rings. The van der Waals surface area contributed by atoms with Crippen molar-refractivity contribution in [2.24, 2.45) is 5.11 Å². The molecule has 0 saturated carbocycles. The minimum Gasteiger partial charge on any atom is -0.379 e. The SMILES string of the molecule is [N-]=[N+]=NCCOCCOCCNC(=O)CCCc1ccc(C#Cc2cc3ccc4cccc5ccc(c2)c3c45)cc1. The third-order valence-corrected chi connectivity index (χ3v) is 6.98. The van der Waals surface area contributed by atoms with Crippen LogP contribution in [0.25, 0.3) is 42.8 Å². The van der Waals surface area contributed by atoms with Crippen LogP contribution in [0, 0.1) is 11.8 Å². The van der Waals surface area contributed by atoms with E-state index < -0.39 is 0 Å². The van der Waals surface area contributed by atoms with Crippen molar-refractivity contribution >= 4 is 38.2 Å². The Morgan fingerprint density at radius 1 is 0.780 bits per heavy atom. The molecular weight excluding hydrogens is 512 g/mol. The number of ether oxygens (including phenoxy) is 2.